The Morgan fingerprint density at radius 2 is 1.57 bits per heavy atom. The third kappa shape index (κ3) is 4.63. The lowest BCUT2D eigenvalue weighted by Gasteiger charge is -2.35. The van der Waals surface area contributed by atoms with Gasteiger partial charge in [0, 0.05) is 37.4 Å². The summed E-state index contributed by atoms with van der Waals surface area (Å²) in [7, 11) is 0. The van der Waals surface area contributed by atoms with E-state index >= 15 is 0 Å². The van der Waals surface area contributed by atoms with Gasteiger partial charge in [-0.15, -0.1) is 0 Å². The third-order valence-corrected chi connectivity index (χ3v) is 4.57. The first-order valence-corrected chi connectivity index (χ1v) is 9.47. The van der Waals surface area contributed by atoms with Crippen LogP contribution in [0.4, 0.5) is 10.5 Å². The van der Waals surface area contributed by atoms with Crippen LogP contribution in [-0.2, 0) is 4.74 Å². The molecule has 6 nitrogen and oxygen atoms in total. The van der Waals surface area contributed by atoms with Crippen molar-refractivity contribution in [3.63, 3.8) is 0 Å². The molecule has 2 amide bonds. The minimum absolute atomic E-state index is 0.0399. The van der Waals surface area contributed by atoms with Crippen LogP contribution in [0.15, 0.2) is 48.5 Å². The molecule has 2 N–H and O–H groups in total. The fourth-order valence-electron chi connectivity index (χ4n) is 3.22. The van der Waals surface area contributed by atoms with Crippen molar-refractivity contribution in [2.24, 2.45) is 0 Å². The van der Waals surface area contributed by atoms with Crippen LogP contribution in [0.3, 0.4) is 0 Å². The Hall–Kier alpha value is -3.02. The molecule has 28 heavy (non-hydrogen) atoms. The highest BCUT2D eigenvalue weighted by molar-refractivity contribution is 6.01. The standard InChI is InChI=1S/C22H27N3O3/c1-22(2,3)28-21(27)25-13-11-24(12-14-25)20(26)19-10-5-4-9-18(19)16-7-6-8-17(23)15-16/h4-10,15H,11-14,23H2,1-3H3. The van der Waals surface area contributed by atoms with Gasteiger partial charge in [0.15, 0.2) is 0 Å². The topological polar surface area (TPSA) is 75.9 Å². The summed E-state index contributed by atoms with van der Waals surface area (Å²) in [5.41, 5.74) is 8.45. The summed E-state index contributed by atoms with van der Waals surface area (Å²) in [6.45, 7) is 7.41. The SMILES string of the molecule is CC(C)(C)OC(=O)N1CCN(C(=O)c2ccccc2-c2cccc(N)c2)CC1. The first-order valence-electron chi connectivity index (χ1n) is 9.47. The van der Waals surface area contributed by atoms with E-state index < -0.39 is 5.60 Å². The van der Waals surface area contributed by atoms with E-state index in [0.717, 1.165) is 11.1 Å². The molecule has 1 saturated heterocycles. The molecular weight excluding hydrogens is 354 g/mol. The first-order chi connectivity index (χ1) is 13.2. The summed E-state index contributed by atoms with van der Waals surface area (Å²) in [5, 5.41) is 0. The van der Waals surface area contributed by atoms with Crippen molar-refractivity contribution in [3.8, 4) is 11.1 Å². The fraction of sp³-hybridized carbons (Fsp3) is 0.364. The van der Waals surface area contributed by atoms with E-state index in [1.54, 1.807) is 9.80 Å². The monoisotopic (exact) mass is 381 g/mol. The number of nitrogens with two attached hydrogens (primary N) is 1. The maximum atomic E-state index is 13.1. The molecular formula is C22H27N3O3. The Balaban J connectivity index is 1.72. The number of hydrogen-bond acceptors (Lipinski definition) is 4. The zero-order valence-electron chi connectivity index (χ0n) is 16.6. The minimum Gasteiger partial charge on any atom is -0.444 e. The van der Waals surface area contributed by atoms with Crippen LogP contribution < -0.4 is 5.73 Å². The lowest BCUT2D eigenvalue weighted by molar-refractivity contribution is 0.0141. The average molecular weight is 381 g/mol. The fourth-order valence-corrected chi connectivity index (χ4v) is 3.22. The number of benzene rings is 2. The van der Waals surface area contributed by atoms with E-state index in [2.05, 4.69) is 0 Å². The lowest BCUT2D eigenvalue weighted by Crippen LogP contribution is -2.51. The molecule has 1 aliphatic rings. The van der Waals surface area contributed by atoms with E-state index in [4.69, 9.17) is 10.5 Å². The number of ether oxygens (including phenoxy) is 1. The number of anilines is 1. The summed E-state index contributed by atoms with van der Waals surface area (Å²) in [6, 6.07) is 15.1. The van der Waals surface area contributed by atoms with Gasteiger partial charge in [-0.1, -0.05) is 30.3 Å². The molecule has 2 aromatic rings. The summed E-state index contributed by atoms with van der Waals surface area (Å²) in [5.74, 6) is -0.0399. The highest BCUT2D eigenvalue weighted by Gasteiger charge is 2.28. The zero-order chi connectivity index (χ0) is 20.3. The molecule has 6 heteroatoms. The van der Waals surface area contributed by atoms with Gasteiger partial charge < -0.3 is 20.3 Å². The lowest BCUT2D eigenvalue weighted by atomic mass is 9.98. The van der Waals surface area contributed by atoms with Crippen molar-refractivity contribution < 1.29 is 14.3 Å². The molecule has 3 rings (SSSR count). The molecule has 1 fully saturated rings. The third-order valence-electron chi connectivity index (χ3n) is 4.57. The quantitative estimate of drug-likeness (QED) is 0.806. The average Bonchev–Trinajstić information content (AvgIpc) is 2.66. The van der Waals surface area contributed by atoms with Gasteiger partial charge in [0.2, 0.25) is 0 Å². The highest BCUT2D eigenvalue weighted by atomic mass is 16.6. The van der Waals surface area contributed by atoms with Crippen LogP contribution in [0.1, 0.15) is 31.1 Å². The molecule has 0 radical (unpaired) electrons. The zero-order valence-corrected chi connectivity index (χ0v) is 16.6. The molecule has 2 aromatic carbocycles. The van der Waals surface area contributed by atoms with Crippen molar-refractivity contribution in [1.29, 1.82) is 0 Å². The smallest absolute Gasteiger partial charge is 0.410 e. The molecule has 0 atom stereocenters. The van der Waals surface area contributed by atoms with E-state index in [1.807, 2.05) is 69.3 Å². The first kappa shape index (κ1) is 19.7. The van der Waals surface area contributed by atoms with Gasteiger partial charge in [-0.3, -0.25) is 4.79 Å². The normalized spacial score (nSPS) is 14.7. The Kier molecular flexibility index (Phi) is 5.58. The van der Waals surface area contributed by atoms with Crippen LogP contribution in [0.25, 0.3) is 11.1 Å². The number of hydrogen-bond donors (Lipinski definition) is 1. The Morgan fingerprint density at radius 1 is 0.929 bits per heavy atom. The second-order valence-corrected chi connectivity index (χ2v) is 7.93. The van der Waals surface area contributed by atoms with Crippen LogP contribution in [0.2, 0.25) is 0 Å². The van der Waals surface area contributed by atoms with Crippen molar-refractivity contribution in [1.82, 2.24) is 9.80 Å². The maximum absolute atomic E-state index is 13.1. The second kappa shape index (κ2) is 7.92. The Labute approximate surface area is 165 Å². The molecule has 0 aliphatic carbocycles. The number of carbonyl (C=O) groups is 2. The van der Waals surface area contributed by atoms with Gasteiger partial charge in [0.05, 0.1) is 0 Å². The Morgan fingerprint density at radius 3 is 2.21 bits per heavy atom. The maximum Gasteiger partial charge on any atom is 0.410 e. The number of rotatable bonds is 2. The van der Waals surface area contributed by atoms with Gasteiger partial charge >= 0.3 is 6.09 Å². The molecule has 0 bridgehead atoms. The molecule has 0 spiro atoms. The van der Waals surface area contributed by atoms with Crippen molar-refractivity contribution in [2.45, 2.75) is 26.4 Å². The predicted octanol–water partition coefficient (Wildman–Crippen LogP) is 3.63. The van der Waals surface area contributed by atoms with Crippen LogP contribution in [-0.4, -0.2) is 53.6 Å². The highest BCUT2D eigenvalue weighted by Crippen LogP contribution is 2.26. The summed E-state index contributed by atoms with van der Waals surface area (Å²) in [4.78, 5) is 28.8. The van der Waals surface area contributed by atoms with E-state index in [0.29, 0.717) is 37.4 Å². The number of amides is 2. The van der Waals surface area contributed by atoms with Gasteiger partial charge in [0.25, 0.3) is 5.91 Å². The molecule has 1 heterocycles. The van der Waals surface area contributed by atoms with Crippen LogP contribution >= 0.6 is 0 Å². The molecule has 148 valence electrons. The second-order valence-electron chi connectivity index (χ2n) is 7.93. The van der Waals surface area contributed by atoms with Crippen molar-refractivity contribution >= 4 is 17.7 Å². The van der Waals surface area contributed by atoms with Crippen molar-refractivity contribution in [2.75, 3.05) is 31.9 Å². The van der Waals surface area contributed by atoms with Gasteiger partial charge in [-0.05, 0) is 50.1 Å². The van der Waals surface area contributed by atoms with E-state index in [9.17, 15) is 9.59 Å². The number of carbonyl (C=O) groups excluding carboxylic acids is 2. The number of piperazine rings is 1. The summed E-state index contributed by atoms with van der Waals surface area (Å²) in [6.07, 6.45) is -0.334. The largest absolute Gasteiger partial charge is 0.444 e. The van der Waals surface area contributed by atoms with Gasteiger partial charge in [-0.2, -0.15) is 0 Å². The van der Waals surface area contributed by atoms with Crippen LogP contribution in [0, 0.1) is 0 Å². The van der Waals surface area contributed by atoms with E-state index in [1.165, 1.54) is 0 Å². The Bertz CT molecular complexity index is 865. The van der Waals surface area contributed by atoms with E-state index in [-0.39, 0.29) is 12.0 Å². The summed E-state index contributed by atoms with van der Waals surface area (Å²) < 4.78 is 5.42. The van der Waals surface area contributed by atoms with Crippen LogP contribution in [0.5, 0.6) is 0 Å². The predicted molar refractivity (Wildman–Crippen MR) is 110 cm³/mol. The number of nitrogens with zero attached hydrogens (tertiary/aromatic N) is 2. The van der Waals surface area contributed by atoms with Crippen molar-refractivity contribution in [3.05, 3.63) is 54.1 Å². The molecule has 0 unspecified atom stereocenters. The molecule has 0 saturated carbocycles. The minimum atomic E-state index is -0.527. The van der Waals surface area contributed by atoms with Gasteiger partial charge in [-0.25, -0.2) is 4.79 Å². The summed E-state index contributed by atoms with van der Waals surface area (Å²) >= 11 is 0. The van der Waals surface area contributed by atoms with Gasteiger partial charge in [0.1, 0.15) is 5.60 Å². The molecule has 1 aliphatic heterocycles. The molecule has 0 aromatic heterocycles. The number of nitrogen functional groups attached to an aromatic ring is 1.